The van der Waals surface area contributed by atoms with Crippen LogP contribution in [0.25, 0.3) is 11.0 Å². The van der Waals surface area contributed by atoms with Crippen LogP contribution in [0.3, 0.4) is 0 Å². The summed E-state index contributed by atoms with van der Waals surface area (Å²) in [7, 11) is 0. The van der Waals surface area contributed by atoms with Crippen LogP contribution in [0, 0.1) is 6.92 Å². The van der Waals surface area contributed by atoms with Gasteiger partial charge in [-0.2, -0.15) is 10.2 Å². The molecule has 0 unspecified atom stereocenters. The molecule has 1 N–H and O–H groups in total. The fraction of sp³-hybridized carbons (Fsp3) is 0.238. The molecule has 4 aromatic rings. The van der Waals surface area contributed by atoms with Gasteiger partial charge in [0.15, 0.2) is 5.65 Å². The van der Waals surface area contributed by atoms with Crippen molar-refractivity contribution in [3.63, 3.8) is 0 Å². The summed E-state index contributed by atoms with van der Waals surface area (Å²) in [6.45, 7) is 6.59. The van der Waals surface area contributed by atoms with Crippen molar-refractivity contribution < 1.29 is 4.79 Å². The Morgan fingerprint density at radius 2 is 1.93 bits per heavy atom. The van der Waals surface area contributed by atoms with Crippen LogP contribution in [0.1, 0.15) is 41.5 Å². The van der Waals surface area contributed by atoms with Crippen molar-refractivity contribution in [2.45, 2.75) is 33.4 Å². The van der Waals surface area contributed by atoms with Gasteiger partial charge in [-0.05, 0) is 32.4 Å². The molecule has 0 bridgehead atoms. The second kappa shape index (κ2) is 7.26. The van der Waals surface area contributed by atoms with Crippen LogP contribution < -0.4 is 5.32 Å². The Hall–Kier alpha value is -3.48. The largest absolute Gasteiger partial charge is 0.307 e. The topological polar surface area (TPSA) is 77.6 Å². The van der Waals surface area contributed by atoms with Gasteiger partial charge in [0.25, 0.3) is 5.91 Å². The molecule has 0 aliphatic carbocycles. The van der Waals surface area contributed by atoms with Gasteiger partial charge in [0.05, 0.1) is 24.0 Å². The lowest BCUT2D eigenvalue weighted by atomic mass is 10.2. The first-order valence-corrected chi connectivity index (χ1v) is 9.24. The zero-order chi connectivity index (χ0) is 19.7. The van der Waals surface area contributed by atoms with Gasteiger partial charge in [-0.1, -0.05) is 30.3 Å². The highest BCUT2D eigenvalue weighted by molar-refractivity contribution is 6.05. The third-order valence-electron chi connectivity index (χ3n) is 4.50. The number of hydrogen-bond donors (Lipinski definition) is 1. The first-order valence-electron chi connectivity index (χ1n) is 9.24. The summed E-state index contributed by atoms with van der Waals surface area (Å²) in [6, 6.07) is 13.9. The summed E-state index contributed by atoms with van der Waals surface area (Å²) in [6.07, 6.45) is 3.33. The molecule has 0 aliphatic rings. The van der Waals surface area contributed by atoms with Crippen molar-refractivity contribution in [2.75, 3.05) is 5.32 Å². The van der Waals surface area contributed by atoms with Crippen LogP contribution >= 0.6 is 0 Å². The molecule has 0 spiro atoms. The minimum atomic E-state index is -0.221. The second-order valence-electron chi connectivity index (χ2n) is 7.09. The van der Waals surface area contributed by atoms with Crippen LogP contribution in [0.5, 0.6) is 0 Å². The fourth-order valence-electron chi connectivity index (χ4n) is 3.15. The van der Waals surface area contributed by atoms with Crippen molar-refractivity contribution in [1.29, 1.82) is 0 Å². The first kappa shape index (κ1) is 17.9. The molecule has 0 radical (unpaired) electrons. The van der Waals surface area contributed by atoms with E-state index in [9.17, 15) is 4.79 Å². The van der Waals surface area contributed by atoms with Gasteiger partial charge in [0, 0.05) is 23.7 Å². The fourth-order valence-corrected chi connectivity index (χ4v) is 3.15. The van der Waals surface area contributed by atoms with E-state index < -0.39 is 0 Å². The summed E-state index contributed by atoms with van der Waals surface area (Å²) in [4.78, 5) is 17.2. The van der Waals surface area contributed by atoms with Gasteiger partial charge in [-0.25, -0.2) is 14.3 Å². The average molecular weight is 374 g/mol. The lowest BCUT2D eigenvalue weighted by molar-refractivity contribution is 0.102. The Morgan fingerprint density at radius 1 is 1.14 bits per heavy atom. The normalized spacial score (nSPS) is 11.3. The van der Waals surface area contributed by atoms with Gasteiger partial charge < -0.3 is 5.32 Å². The number of fused-ring (bicyclic) bond motifs is 1. The Morgan fingerprint density at radius 3 is 2.68 bits per heavy atom. The predicted octanol–water partition coefficient (Wildman–Crippen LogP) is 3.82. The smallest absolute Gasteiger partial charge is 0.258 e. The average Bonchev–Trinajstić information content (AvgIpc) is 3.25. The molecule has 0 aliphatic heterocycles. The molecule has 3 aromatic heterocycles. The summed E-state index contributed by atoms with van der Waals surface area (Å²) in [5.74, 6) is 0.435. The first-order chi connectivity index (χ1) is 13.5. The van der Waals surface area contributed by atoms with E-state index >= 15 is 0 Å². The van der Waals surface area contributed by atoms with Crippen molar-refractivity contribution >= 4 is 22.8 Å². The van der Waals surface area contributed by atoms with E-state index in [1.165, 1.54) is 0 Å². The predicted molar refractivity (Wildman–Crippen MR) is 108 cm³/mol. The summed E-state index contributed by atoms with van der Waals surface area (Å²) >= 11 is 0. The van der Waals surface area contributed by atoms with E-state index in [0.29, 0.717) is 17.9 Å². The monoisotopic (exact) mass is 374 g/mol. The van der Waals surface area contributed by atoms with Gasteiger partial charge >= 0.3 is 0 Å². The highest BCUT2D eigenvalue weighted by Gasteiger charge is 2.14. The van der Waals surface area contributed by atoms with Crippen molar-refractivity contribution in [3.05, 3.63) is 71.7 Å². The van der Waals surface area contributed by atoms with Crippen LogP contribution in [-0.4, -0.2) is 30.5 Å². The number of aryl methyl sites for hydroxylation is 1. The molecule has 1 amide bonds. The quantitative estimate of drug-likeness (QED) is 0.576. The number of aromatic nitrogens is 5. The van der Waals surface area contributed by atoms with E-state index in [-0.39, 0.29) is 11.9 Å². The maximum Gasteiger partial charge on any atom is 0.258 e. The summed E-state index contributed by atoms with van der Waals surface area (Å²) < 4.78 is 3.64. The molecule has 7 nitrogen and oxygen atoms in total. The number of benzene rings is 1. The van der Waals surface area contributed by atoms with Gasteiger partial charge in [0.1, 0.15) is 5.82 Å². The molecule has 3 heterocycles. The zero-order valence-electron chi connectivity index (χ0n) is 16.1. The number of nitrogens with one attached hydrogen (secondary N) is 1. The Labute approximate surface area is 163 Å². The van der Waals surface area contributed by atoms with E-state index in [1.807, 2.05) is 67.9 Å². The molecule has 7 heteroatoms. The Kier molecular flexibility index (Phi) is 4.65. The third-order valence-corrected chi connectivity index (χ3v) is 4.50. The number of rotatable bonds is 5. The molecule has 0 saturated heterocycles. The zero-order valence-corrected chi connectivity index (χ0v) is 16.1. The van der Waals surface area contributed by atoms with E-state index in [0.717, 1.165) is 22.3 Å². The molecular formula is C21H22N6O. The highest BCUT2D eigenvalue weighted by Crippen LogP contribution is 2.18. The Bertz CT molecular complexity index is 1130. The Balaban J connectivity index is 1.58. The van der Waals surface area contributed by atoms with Crippen LogP contribution in [-0.2, 0) is 6.54 Å². The molecule has 142 valence electrons. The maximum atomic E-state index is 12.8. The van der Waals surface area contributed by atoms with Crippen molar-refractivity contribution in [1.82, 2.24) is 24.5 Å². The number of carbonyl (C=O) groups is 1. The van der Waals surface area contributed by atoms with E-state index in [4.69, 9.17) is 0 Å². The molecule has 1 aromatic carbocycles. The van der Waals surface area contributed by atoms with E-state index in [1.54, 1.807) is 17.1 Å². The minimum Gasteiger partial charge on any atom is -0.307 e. The number of carbonyl (C=O) groups excluding carboxylic acids is 1. The lowest BCUT2D eigenvalue weighted by Gasteiger charge is -2.10. The summed E-state index contributed by atoms with van der Waals surface area (Å²) in [5.41, 5.74) is 3.22. The molecule has 0 fully saturated rings. The van der Waals surface area contributed by atoms with Crippen molar-refractivity contribution in [3.8, 4) is 0 Å². The van der Waals surface area contributed by atoms with Crippen molar-refractivity contribution in [2.24, 2.45) is 0 Å². The SMILES string of the molecule is Cc1cc(NC(=O)c2cnc3c(cnn3C(C)C)c2)n(Cc2ccccc2)n1. The standard InChI is InChI=1S/C21H22N6O/c1-14(2)27-20-17(12-23-27)10-18(11-22-20)21(28)24-19-9-15(3)25-26(19)13-16-7-5-4-6-8-16/h4-12,14H,13H2,1-3H3,(H,24,28). The van der Waals surface area contributed by atoms with E-state index in [2.05, 4.69) is 20.5 Å². The number of nitrogens with zero attached hydrogens (tertiary/aromatic N) is 5. The number of amides is 1. The molecular weight excluding hydrogens is 352 g/mol. The number of anilines is 1. The molecule has 28 heavy (non-hydrogen) atoms. The highest BCUT2D eigenvalue weighted by atomic mass is 16.1. The van der Waals surface area contributed by atoms with Crippen LogP contribution in [0.4, 0.5) is 5.82 Å². The van der Waals surface area contributed by atoms with Gasteiger partial charge in [-0.15, -0.1) is 0 Å². The second-order valence-corrected chi connectivity index (χ2v) is 7.09. The van der Waals surface area contributed by atoms with Crippen LogP contribution in [0.15, 0.2) is 54.9 Å². The number of hydrogen-bond acceptors (Lipinski definition) is 4. The van der Waals surface area contributed by atoms with Gasteiger partial charge in [-0.3, -0.25) is 4.79 Å². The number of pyridine rings is 1. The van der Waals surface area contributed by atoms with Gasteiger partial charge in [0.2, 0.25) is 0 Å². The van der Waals surface area contributed by atoms with Crippen LogP contribution in [0.2, 0.25) is 0 Å². The molecule has 4 rings (SSSR count). The maximum absolute atomic E-state index is 12.8. The lowest BCUT2D eigenvalue weighted by Crippen LogP contribution is -2.16. The minimum absolute atomic E-state index is 0.208. The third kappa shape index (κ3) is 3.51. The summed E-state index contributed by atoms with van der Waals surface area (Å²) in [5, 5.41) is 12.6. The molecule has 0 saturated carbocycles. The molecule has 0 atom stereocenters.